The lowest BCUT2D eigenvalue weighted by Crippen LogP contribution is -2.51. The van der Waals surface area contributed by atoms with E-state index in [1.54, 1.807) is 18.2 Å². The molecule has 0 radical (unpaired) electrons. The van der Waals surface area contributed by atoms with Crippen molar-refractivity contribution in [3.63, 3.8) is 0 Å². The SMILES string of the molecule is NC(=O)Nc1cccc(NC(=O)C23CC4CC(CC(C4)C2)C3)c1. The van der Waals surface area contributed by atoms with E-state index in [4.69, 9.17) is 5.73 Å². The summed E-state index contributed by atoms with van der Waals surface area (Å²) in [5, 5.41) is 5.62. The van der Waals surface area contributed by atoms with Gasteiger partial charge in [0.25, 0.3) is 0 Å². The average Bonchev–Trinajstić information content (AvgIpc) is 2.45. The van der Waals surface area contributed by atoms with Crippen molar-refractivity contribution in [2.75, 3.05) is 10.6 Å². The number of amides is 3. The van der Waals surface area contributed by atoms with Crippen molar-refractivity contribution >= 4 is 23.3 Å². The van der Waals surface area contributed by atoms with Crippen LogP contribution in [0.5, 0.6) is 0 Å². The lowest BCUT2D eigenvalue weighted by molar-refractivity contribution is -0.140. The van der Waals surface area contributed by atoms with Crippen LogP contribution in [0.25, 0.3) is 0 Å². The van der Waals surface area contributed by atoms with Gasteiger partial charge in [-0.2, -0.15) is 0 Å². The predicted octanol–water partition coefficient (Wildman–Crippen LogP) is 3.33. The highest BCUT2D eigenvalue weighted by atomic mass is 16.2. The Hall–Kier alpha value is -2.04. The number of carbonyl (C=O) groups excluding carboxylic acids is 2. The topological polar surface area (TPSA) is 84.2 Å². The monoisotopic (exact) mass is 313 g/mol. The Bertz CT molecular complexity index is 620. The molecule has 1 aromatic carbocycles. The molecule has 0 saturated heterocycles. The van der Waals surface area contributed by atoms with Crippen molar-refractivity contribution < 1.29 is 9.59 Å². The first kappa shape index (κ1) is 14.5. The van der Waals surface area contributed by atoms with Crippen LogP contribution in [0, 0.1) is 23.2 Å². The van der Waals surface area contributed by atoms with Crippen LogP contribution < -0.4 is 16.4 Å². The van der Waals surface area contributed by atoms with Gasteiger partial charge < -0.3 is 16.4 Å². The molecule has 23 heavy (non-hydrogen) atoms. The Balaban J connectivity index is 1.51. The Kier molecular flexibility index (Phi) is 3.32. The molecule has 4 aliphatic carbocycles. The number of nitrogens with two attached hydrogens (primary N) is 1. The molecule has 0 atom stereocenters. The summed E-state index contributed by atoms with van der Waals surface area (Å²) < 4.78 is 0. The van der Waals surface area contributed by atoms with Gasteiger partial charge in [-0.15, -0.1) is 0 Å². The summed E-state index contributed by atoms with van der Waals surface area (Å²) in [4.78, 5) is 23.9. The molecular formula is C18H23N3O2. The molecule has 4 N–H and O–H groups in total. The number of hydrogen-bond acceptors (Lipinski definition) is 2. The molecule has 5 heteroatoms. The Morgan fingerprint density at radius 1 is 0.957 bits per heavy atom. The standard InChI is InChI=1S/C18H23N3O2/c19-17(23)21-15-3-1-2-14(7-15)20-16(22)18-8-11-4-12(9-18)6-13(5-11)10-18/h1-3,7,11-13H,4-6,8-10H2,(H,20,22)(H3,19,21,23). The van der Waals surface area contributed by atoms with E-state index in [0.29, 0.717) is 5.69 Å². The molecule has 4 fully saturated rings. The zero-order valence-corrected chi connectivity index (χ0v) is 13.2. The molecule has 4 saturated carbocycles. The van der Waals surface area contributed by atoms with Crippen molar-refractivity contribution in [1.82, 2.24) is 0 Å². The van der Waals surface area contributed by atoms with Crippen LogP contribution in [0.4, 0.5) is 16.2 Å². The number of urea groups is 1. The number of carbonyl (C=O) groups is 2. The smallest absolute Gasteiger partial charge is 0.316 e. The van der Waals surface area contributed by atoms with E-state index in [0.717, 1.165) is 42.7 Å². The first-order valence-corrected chi connectivity index (χ1v) is 8.50. The summed E-state index contributed by atoms with van der Waals surface area (Å²) in [5.41, 5.74) is 6.29. The molecule has 4 aliphatic rings. The van der Waals surface area contributed by atoms with Gasteiger partial charge in [0.15, 0.2) is 0 Å². The van der Waals surface area contributed by atoms with Crippen molar-refractivity contribution in [1.29, 1.82) is 0 Å². The van der Waals surface area contributed by atoms with Crippen LogP contribution in [-0.2, 0) is 4.79 Å². The van der Waals surface area contributed by atoms with Gasteiger partial charge in [0.1, 0.15) is 0 Å². The average molecular weight is 313 g/mol. The second kappa shape index (κ2) is 5.25. The highest BCUT2D eigenvalue weighted by molar-refractivity contribution is 5.96. The van der Waals surface area contributed by atoms with E-state index < -0.39 is 6.03 Å². The lowest BCUT2D eigenvalue weighted by Gasteiger charge is -2.55. The normalized spacial score (nSPS) is 34.2. The number of hydrogen-bond donors (Lipinski definition) is 3. The van der Waals surface area contributed by atoms with Gasteiger partial charge in [-0.1, -0.05) is 6.07 Å². The molecule has 4 bridgehead atoms. The van der Waals surface area contributed by atoms with Crippen LogP contribution >= 0.6 is 0 Å². The third-order valence-corrected chi connectivity index (χ3v) is 5.91. The van der Waals surface area contributed by atoms with Gasteiger partial charge in [0, 0.05) is 11.4 Å². The third kappa shape index (κ3) is 2.69. The minimum absolute atomic E-state index is 0.160. The predicted molar refractivity (Wildman–Crippen MR) is 88.9 cm³/mol. The summed E-state index contributed by atoms with van der Waals surface area (Å²) in [6.45, 7) is 0. The van der Waals surface area contributed by atoms with Crippen molar-refractivity contribution in [3.8, 4) is 0 Å². The highest BCUT2D eigenvalue weighted by Gasteiger charge is 2.54. The van der Waals surface area contributed by atoms with Gasteiger partial charge >= 0.3 is 6.03 Å². The molecule has 0 unspecified atom stereocenters. The van der Waals surface area contributed by atoms with Gasteiger partial charge in [-0.3, -0.25) is 4.79 Å². The zero-order valence-electron chi connectivity index (χ0n) is 13.2. The summed E-state index contributed by atoms with van der Waals surface area (Å²) >= 11 is 0. The number of anilines is 2. The van der Waals surface area contributed by atoms with Crippen molar-refractivity contribution in [2.24, 2.45) is 28.9 Å². The molecule has 5 nitrogen and oxygen atoms in total. The summed E-state index contributed by atoms with van der Waals surface area (Å²) in [5.74, 6) is 2.40. The van der Waals surface area contributed by atoms with Crippen molar-refractivity contribution in [2.45, 2.75) is 38.5 Å². The van der Waals surface area contributed by atoms with E-state index in [2.05, 4.69) is 10.6 Å². The van der Waals surface area contributed by atoms with Crippen LogP contribution in [0.2, 0.25) is 0 Å². The molecule has 1 aromatic rings. The summed E-state index contributed by atoms with van der Waals surface area (Å²) in [6, 6.07) is 6.56. The maximum Gasteiger partial charge on any atom is 0.316 e. The lowest BCUT2D eigenvalue weighted by atomic mass is 9.49. The summed E-state index contributed by atoms with van der Waals surface area (Å²) in [6.07, 6.45) is 7.11. The highest BCUT2D eigenvalue weighted by Crippen LogP contribution is 2.60. The molecule has 0 heterocycles. The minimum atomic E-state index is -0.602. The second-order valence-electron chi connectivity index (χ2n) is 7.72. The molecule has 3 amide bonds. The molecule has 0 aromatic heterocycles. The largest absolute Gasteiger partial charge is 0.351 e. The fourth-order valence-electron chi connectivity index (χ4n) is 5.47. The Labute approximate surface area is 136 Å². The first-order valence-electron chi connectivity index (χ1n) is 8.50. The van der Waals surface area contributed by atoms with E-state index >= 15 is 0 Å². The molecular weight excluding hydrogens is 290 g/mol. The van der Waals surface area contributed by atoms with E-state index in [1.807, 2.05) is 6.07 Å². The van der Waals surface area contributed by atoms with Gasteiger partial charge in [0.2, 0.25) is 5.91 Å². The van der Waals surface area contributed by atoms with E-state index in [-0.39, 0.29) is 11.3 Å². The Morgan fingerprint density at radius 2 is 1.48 bits per heavy atom. The fourth-order valence-corrected chi connectivity index (χ4v) is 5.47. The minimum Gasteiger partial charge on any atom is -0.351 e. The van der Waals surface area contributed by atoms with E-state index in [9.17, 15) is 9.59 Å². The molecule has 122 valence electrons. The second-order valence-corrected chi connectivity index (χ2v) is 7.72. The summed E-state index contributed by atoms with van der Waals surface area (Å²) in [7, 11) is 0. The zero-order chi connectivity index (χ0) is 16.0. The number of rotatable bonds is 3. The van der Waals surface area contributed by atoms with Crippen LogP contribution in [-0.4, -0.2) is 11.9 Å². The molecule has 0 spiro atoms. The number of primary amides is 1. The third-order valence-electron chi connectivity index (χ3n) is 5.91. The quantitative estimate of drug-likeness (QED) is 0.799. The van der Waals surface area contributed by atoms with Crippen LogP contribution in [0.15, 0.2) is 24.3 Å². The maximum absolute atomic E-state index is 13.0. The fraction of sp³-hybridized carbons (Fsp3) is 0.556. The first-order chi connectivity index (χ1) is 11.0. The Morgan fingerprint density at radius 3 is 2.00 bits per heavy atom. The van der Waals surface area contributed by atoms with Crippen LogP contribution in [0.1, 0.15) is 38.5 Å². The molecule has 0 aliphatic heterocycles. The molecule has 5 rings (SSSR count). The van der Waals surface area contributed by atoms with Crippen LogP contribution in [0.3, 0.4) is 0 Å². The van der Waals surface area contributed by atoms with Gasteiger partial charge in [-0.25, -0.2) is 4.79 Å². The maximum atomic E-state index is 13.0. The van der Waals surface area contributed by atoms with E-state index in [1.165, 1.54) is 19.3 Å². The number of benzene rings is 1. The van der Waals surface area contributed by atoms with Gasteiger partial charge in [-0.05, 0) is 74.5 Å². The van der Waals surface area contributed by atoms with Crippen molar-refractivity contribution in [3.05, 3.63) is 24.3 Å². The van der Waals surface area contributed by atoms with Gasteiger partial charge in [0.05, 0.1) is 5.41 Å². The number of nitrogens with one attached hydrogen (secondary N) is 2.